The first-order valence-electron chi connectivity index (χ1n) is 3.63. The Morgan fingerprint density at radius 3 is 2.64 bits per heavy atom. The number of nitrogens with zero attached hydrogens (tertiary/aromatic N) is 2. The van der Waals surface area contributed by atoms with Gasteiger partial charge in [-0.1, -0.05) is 22.7 Å². The van der Waals surface area contributed by atoms with E-state index >= 15 is 0 Å². The second kappa shape index (κ2) is 3.35. The molecule has 0 aromatic carbocycles. The minimum absolute atomic E-state index is 0.131. The summed E-state index contributed by atoms with van der Waals surface area (Å²) in [5.41, 5.74) is 5.46. The fourth-order valence-corrected chi connectivity index (χ4v) is 2.54. The number of hydrogen-bond acceptors (Lipinski definition) is 6. The second-order valence-corrected chi connectivity index (χ2v) is 4.58. The second-order valence-electron chi connectivity index (χ2n) is 2.46. The molecular formula is C7H5N3O2S2. The van der Waals surface area contributed by atoms with E-state index in [1.165, 1.54) is 17.4 Å². The molecule has 2 aromatic rings. The maximum atomic E-state index is 10.4. The van der Waals surface area contributed by atoms with Crippen LogP contribution in [0.4, 0.5) is 10.1 Å². The summed E-state index contributed by atoms with van der Waals surface area (Å²) in [4.78, 5) is 15.6. The van der Waals surface area contributed by atoms with E-state index in [0.29, 0.717) is 5.13 Å². The van der Waals surface area contributed by atoms with E-state index in [1.54, 1.807) is 12.3 Å². The summed E-state index contributed by atoms with van der Waals surface area (Å²) >= 11 is 2.44. The summed E-state index contributed by atoms with van der Waals surface area (Å²) in [5, 5.41) is 11.0. The summed E-state index contributed by atoms with van der Waals surface area (Å²) in [5.74, 6) is 0. The van der Waals surface area contributed by atoms with E-state index in [0.717, 1.165) is 21.1 Å². The van der Waals surface area contributed by atoms with Gasteiger partial charge in [-0.15, -0.1) is 0 Å². The van der Waals surface area contributed by atoms with Crippen LogP contribution < -0.4 is 5.73 Å². The van der Waals surface area contributed by atoms with E-state index in [4.69, 9.17) is 5.73 Å². The summed E-state index contributed by atoms with van der Waals surface area (Å²) in [6.07, 6.45) is 1.62. The molecule has 7 heteroatoms. The summed E-state index contributed by atoms with van der Waals surface area (Å²) in [7, 11) is 0. The molecule has 0 fully saturated rings. The van der Waals surface area contributed by atoms with Crippen molar-refractivity contribution >= 4 is 32.8 Å². The van der Waals surface area contributed by atoms with Crippen LogP contribution in [0.2, 0.25) is 0 Å². The van der Waals surface area contributed by atoms with Crippen molar-refractivity contribution in [2.75, 3.05) is 5.73 Å². The van der Waals surface area contributed by atoms with E-state index < -0.39 is 4.92 Å². The van der Waals surface area contributed by atoms with Gasteiger partial charge in [-0.25, -0.2) is 4.98 Å². The number of rotatable bonds is 2. The quantitative estimate of drug-likeness (QED) is 0.630. The van der Waals surface area contributed by atoms with Crippen molar-refractivity contribution in [2.45, 2.75) is 0 Å². The maximum Gasteiger partial charge on any atom is 0.324 e. The van der Waals surface area contributed by atoms with Crippen LogP contribution in [0.1, 0.15) is 0 Å². The molecule has 2 aromatic heterocycles. The molecule has 0 saturated heterocycles. The average molecular weight is 227 g/mol. The highest BCUT2D eigenvalue weighted by Gasteiger charge is 2.12. The largest absolute Gasteiger partial charge is 0.375 e. The molecule has 2 heterocycles. The van der Waals surface area contributed by atoms with Gasteiger partial charge in [0.2, 0.25) is 0 Å². The lowest BCUT2D eigenvalue weighted by Gasteiger charge is -1.84. The monoisotopic (exact) mass is 227 g/mol. The fourth-order valence-electron chi connectivity index (χ4n) is 0.960. The highest BCUT2D eigenvalue weighted by molar-refractivity contribution is 7.25. The molecule has 0 atom stereocenters. The predicted molar refractivity (Wildman–Crippen MR) is 56.5 cm³/mol. The van der Waals surface area contributed by atoms with Gasteiger partial charge in [0.05, 0.1) is 14.7 Å². The van der Waals surface area contributed by atoms with Gasteiger partial charge in [0.15, 0.2) is 5.13 Å². The SMILES string of the molecule is Nc1ncc(-c2ccc([N+](=O)[O-])s2)s1. The van der Waals surface area contributed by atoms with Crippen LogP contribution in [0.3, 0.4) is 0 Å². The molecule has 0 spiro atoms. The Balaban J connectivity index is 2.38. The van der Waals surface area contributed by atoms with Crippen LogP contribution in [0.15, 0.2) is 18.3 Å². The Labute approximate surface area is 87.0 Å². The Morgan fingerprint density at radius 2 is 2.14 bits per heavy atom. The van der Waals surface area contributed by atoms with Crippen molar-refractivity contribution in [3.63, 3.8) is 0 Å². The van der Waals surface area contributed by atoms with Crippen LogP contribution in [0, 0.1) is 10.1 Å². The number of thiazole rings is 1. The topological polar surface area (TPSA) is 82.0 Å². The first kappa shape index (κ1) is 9.10. The zero-order chi connectivity index (χ0) is 10.1. The normalized spacial score (nSPS) is 10.3. The molecule has 0 amide bonds. The van der Waals surface area contributed by atoms with Crippen molar-refractivity contribution in [1.29, 1.82) is 0 Å². The molecule has 0 aliphatic carbocycles. The molecule has 0 bridgehead atoms. The number of thiophene rings is 1. The maximum absolute atomic E-state index is 10.4. The Hall–Kier alpha value is -1.47. The lowest BCUT2D eigenvalue weighted by Crippen LogP contribution is -1.80. The van der Waals surface area contributed by atoms with Gasteiger partial charge in [-0.3, -0.25) is 10.1 Å². The van der Waals surface area contributed by atoms with Gasteiger partial charge in [-0.2, -0.15) is 0 Å². The lowest BCUT2D eigenvalue weighted by molar-refractivity contribution is -0.380. The zero-order valence-corrected chi connectivity index (χ0v) is 8.47. The molecule has 0 saturated carbocycles. The Morgan fingerprint density at radius 1 is 1.36 bits per heavy atom. The Bertz CT molecular complexity index is 477. The summed E-state index contributed by atoms with van der Waals surface area (Å²) < 4.78 is 0. The molecule has 0 aliphatic rings. The molecule has 72 valence electrons. The number of hydrogen-bond donors (Lipinski definition) is 1. The smallest absolute Gasteiger partial charge is 0.324 e. The van der Waals surface area contributed by atoms with Crippen molar-refractivity contribution < 1.29 is 4.92 Å². The van der Waals surface area contributed by atoms with E-state index in [2.05, 4.69) is 4.98 Å². The molecule has 0 radical (unpaired) electrons. The van der Waals surface area contributed by atoms with Crippen molar-refractivity contribution in [3.8, 4) is 9.75 Å². The van der Waals surface area contributed by atoms with Crippen molar-refractivity contribution in [1.82, 2.24) is 4.98 Å². The van der Waals surface area contributed by atoms with Gasteiger partial charge >= 0.3 is 5.00 Å². The fraction of sp³-hybridized carbons (Fsp3) is 0. The van der Waals surface area contributed by atoms with Gasteiger partial charge in [-0.05, 0) is 6.07 Å². The summed E-state index contributed by atoms with van der Waals surface area (Å²) in [6.45, 7) is 0. The highest BCUT2D eigenvalue weighted by Crippen LogP contribution is 2.35. The van der Waals surface area contributed by atoms with Crippen molar-refractivity contribution in [2.24, 2.45) is 0 Å². The molecular weight excluding hydrogens is 222 g/mol. The third kappa shape index (κ3) is 1.59. The van der Waals surface area contributed by atoms with Crippen LogP contribution in [-0.2, 0) is 0 Å². The molecule has 5 nitrogen and oxygen atoms in total. The van der Waals surface area contributed by atoms with Crippen LogP contribution in [-0.4, -0.2) is 9.91 Å². The molecule has 2 N–H and O–H groups in total. The standard InChI is InChI=1S/C7H5N3O2S2/c8-7-9-3-5(14-7)4-1-2-6(13-4)10(11)12/h1-3H,(H2,8,9). The number of nitrogens with two attached hydrogens (primary N) is 1. The Kier molecular flexibility index (Phi) is 2.18. The molecule has 0 unspecified atom stereocenters. The van der Waals surface area contributed by atoms with E-state index in [-0.39, 0.29) is 5.00 Å². The first-order valence-corrected chi connectivity index (χ1v) is 5.26. The van der Waals surface area contributed by atoms with Gasteiger partial charge in [0, 0.05) is 12.3 Å². The molecule has 2 rings (SSSR count). The van der Waals surface area contributed by atoms with Gasteiger partial charge < -0.3 is 5.73 Å². The summed E-state index contributed by atoms with van der Waals surface area (Å²) in [6, 6.07) is 3.19. The van der Waals surface area contributed by atoms with Crippen molar-refractivity contribution in [3.05, 3.63) is 28.4 Å². The third-order valence-electron chi connectivity index (χ3n) is 1.54. The number of nitrogen functional groups attached to an aromatic ring is 1. The number of nitro groups is 1. The van der Waals surface area contributed by atoms with Crippen LogP contribution in [0.25, 0.3) is 9.75 Å². The molecule has 14 heavy (non-hydrogen) atoms. The van der Waals surface area contributed by atoms with Gasteiger partial charge in [0.25, 0.3) is 0 Å². The van der Waals surface area contributed by atoms with Gasteiger partial charge in [0.1, 0.15) is 0 Å². The zero-order valence-electron chi connectivity index (χ0n) is 6.84. The van der Waals surface area contributed by atoms with Crippen LogP contribution >= 0.6 is 22.7 Å². The van der Waals surface area contributed by atoms with E-state index in [9.17, 15) is 10.1 Å². The highest BCUT2D eigenvalue weighted by atomic mass is 32.1. The number of aromatic nitrogens is 1. The number of anilines is 1. The average Bonchev–Trinajstić information content (AvgIpc) is 2.70. The molecule has 0 aliphatic heterocycles. The third-order valence-corrected chi connectivity index (χ3v) is 3.60. The lowest BCUT2D eigenvalue weighted by atomic mass is 10.4. The van der Waals surface area contributed by atoms with Crippen LogP contribution in [0.5, 0.6) is 0 Å². The first-order chi connectivity index (χ1) is 6.66. The minimum Gasteiger partial charge on any atom is -0.375 e. The van der Waals surface area contributed by atoms with E-state index in [1.807, 2.05) is 0 Å². The predicted octanol–water partition coefficient (Wildman–Crippen LogP) is 2.36. The minimum atomic E-state index is -0.404.